The maximum Gasteiger partial charge on any atom is 1.00 e. The van der Waals surface area contributed by atoms with E-state index in [1.165, 1.54) is 0 Å². The number of rotatable bonds is 14. The van der Waals surface area contributed by atoms with Crippen molar-refractivity contribution in [3.63, 3.8) is 0 Å². The minimum atomic E-state index is -1.34. The van der Waals surface area contributed by atoms with Gasteiger partial charge in [-0.25, -0.2) is 0 Å². The summed E-state index contributed by atoms with van der Waals surface area (Å²) in [5.74, 6) is -3.74. The topological polar surface area (TPSA) is 254 Å². The van der Waals surface area contributed by atoms with Crippen LogP contribution in [0, 0.1) is 0 Å². The molecule has 4 aromatic heterocycles. The molecule has 4 heterocycles. The first-order valence-corrected chi connectivity index (χ1v) is 20.2. The van der Waals surface area contributed by atoms with E-state index in [-0.39, 0.29) is 64.2 Å². The first-order valence-electron chi connectivity index (χ1n) is 18.9. The Morgan fingerprint density at radius 1 is 0.492 bits per heavy atom. The van der Waals surface area contributed by atoms with Gasteiger partial charge in [0.25, 0.3) is 0 Å². The number of aromatic nitrogens is 4. The van der Waals surface area contributed by atoms with Gasteiger partial charge in [-0.2, -0.15) is 0 Å². The number of amides is 2. The van der Waals surface area contributed by atoms with Gasteiger partial charge in [0.05, 0.1) is 36.1 Å². The maximum atomic E-state index is 12.6. The van der Waals surface area contributed by atoms with Crippen LogP contribution in [0.2, 0.25) is 0 Å². The molecule has 0 radical (unpaired) electrons. The van der Waals surface area contributed by atoms with Crippen LogP contribution in [0.25, 0.3) is 43.6 Å². The number of hydrogen-bond donors (Lipinski definition) is 8. The van der Waals surface area contributed by atoms with Crippen molar-refractivity contribution in [2.45, 2.75) is 49.9 Å². The largest absolute Gasteiger partial charge is 1.00 e. The molecule has 14 nitrogen and oxygen atoms in total. The van der Waals surface area contributed by atoms with Crippen LogP contribution in [-0.4, -0.2) is 67.9 Å². The number of fused-ring (bicyclic) bond motifs is 4. The van der Waals surface area contributed by atoms with Gasteiger partial charge in [-0.3, -0.25) is 9.59 Å². The van der Waals surface area contributed by atoms with E-state index in [0.29, 0.717) is 12.8 Å². The molecule has 0 aliphatic carbocycles. The molecule has 4 aromatic carbocycles. The SMILES string of the molecule is N[C@@H](Cc1c[nH]c2ccccc12)C(=O)N[C@@H](Cc1c[nH]c2ccccc12)C(=O)[O-].N[C@@H](Cc1c[nH]c2ccccc12)C(=O)N[C@@H](Cc1c[nH]c2ccccc12)C(=O)[O-].[Cl][Cu+].[K+]. The van der Waals surface area contributed by atoms with Crippen molar-refractivity contribution in [3.8, 4) is 0 Å². The maximum absolute atomic E-state index is 12.6. The quantitative estimate of drug-likeness (QED) is 0.0670. The third-order valence-electron chi connectivity index (χ3n) is 10.3. The van der Waals surface area contributed by atoms with E-state index < -0.39 is 47.9 Å². The zero-order chi connectivity index (χ0) is 42.8. The molecule has 0 saturated heterocycles. The molecule has 0 fully saturated rings. The fourth-order valence-electron chi connectivity index (χ4n) is 7.25. The first kappa shape index (κ1) is 47.3. The Kier molecular flexibility index (Phi) is 17.4. The summed E-state index contributed by atoms with van der Waals surface area (Å²) >= 11 is 3.66. The molecular weight excluding hydrogens is 875 g/mol. The van der Waals surface area contributed by atoms with Gasteiger partial charge in [0, 0.05) is 81.2 Å². The van der Waals surface area contributed by atoms with Crippen LogP contribution < -0.4 is 83.7 Å². The number of aliphatic carboxylic acids is 2. The minimum Gasteiger partial charge on any atom is 1.00 e. The van der Waals surface area contributed by atoms with Crippen LogP contribution in [0.5, 0.6) is 0 Å². The predicted molar refractivity (Wildman–Crippen MR) is 224 cm³/mol. The Morgan fingerprint density at radius 3 is 1.00 bits per heavy atom. The Balaban J connectivity index is 0.000000219. The monoisotopic (exact) mass is 915 g/mol. The number of H-pyrrole nitrogens is 4. The molecule has 10 N–H and O–H groups in total. The van der Waals surface area contributed by atoms with Gasteiger partial charge in [0.15, 0.2) is 0 Å². The number of hydrogen-bond acceptors (Lipinski definition) is 8. The molecule has 0 unspecified atom stereocenters. The molecule has 0 saturated carbocycles. The Hall–Kier alpha value is -4.71. The second-order valence-corrected chi connectivity index (χ2v) is 14.2. The van der Waals surface area contributed by atoms with Crippen LogP contribution in [0.1, 0.15) is 22.3 Å². The van der Waals surface area contributed by atoms with Crippen LogP contribution in [-0.2, 0) is 60.0 Å². The molecule has 17 heteroatoms. The number of carboxylic acids is 2. The third kappa shape index (κ3) is 11.8. The Bertz CT molecular complexity index is 2560. The second-order valence-electron chi connectivity index (χ2n) is 14.2. The number of aromatic amines is 4. The minimum absolute atomic E-state index is 0. The van der Waals surface area contributed by atoms with Crippen LogP contribution in [0.15, 0.2) is 122 Å². The molecule has 0 spiro atoms. The van der Waals surface area contributed by atoms with Gasteiger partial charge in [0.1, 0.15) is 0 Å². The van der Waals surface area contributed by atoms with Gasteiger partial charge in [-0.15, -0.1) is 0 Å². The Morgan fingerprint density at radius 2 is 0.738 bits per heavy atom. The molecule has 2 amide bonds. The number of para-hydroxylation sites is 4. The first-order chi connectivity index (χ1) is 29.0. The predicted octanol–water partition coefficient (Wildman–Crippen LogP) is -0.316. The summed E-state index contributed by atoms with van der Waals surface area (Å²) in [6.07, 6.45) is 7.94. The van der Waals surface area contributed by atoms with Gasteiger partial charge >= 0.3 is 76.6 Å². The van der Waals surface area contributed by atoms with Gasteiger partial charge in [0.2, 0.25) is 11.8 Å². The Labute approximate surface area is 405 Å². The summed E-state index contributed by atoms with van der Waals surface area (Å²) in [5.41, 5.74) is 19.3. The standard InChI is InChI=1S/2C22H22N4O3.ClH.Cu.K/c2*23-17(9-13-11-24-18-7-3-1-5-15(13)18)21(27)26-20(22(28)29)10-14-12-25-19-8-4-2-6-16(14)19;;;/h2*1-8,11-12,17,20,24-25H,9-10,23H2,(H,26,27)(H,28,29);1H;;/q;;;+2;+1/p-3/t2*17-,20-;;;/m00.../s1. The summed E-state index contributed by atoms with van der Waals surface area (Å²) in [6, 6.07) is 26.5. The molecule has 8 aromatic rings. The summed E-state index contributed by atoms with van der Waals surface area (Å²) in [7, 11) is 4.20. The molecule has 0 aliphatic rings. The molecular formula is C44H42ClCuKN8O6. The summed E-state index contributed by atoms with van der Waals surface area (Å²) in [6.45, 7) is 0. The summed E-state index contributed by atoms with van der Waals surface area (Å²) in [5, 5.41) is 32.1. The zero-order valence-electron chi connectivity index (χ0n) is 33.0. The number of carbonyl (C=O) groups excluding carboxylic acids is 4. The zero-order valence-corrected chi connectivity index (χ0v) is 37.8. The molecule has 0 bridgehead atoms. The van der Waals surface area contributed by atoms with Gasteiger partial charge in [-0.1, -0.05) is 72.8 Å². The van der Waals surface area contributed by atoms with Crippen LogP contribution in [0.3, 0.4) is 0 Å². The summed E-state index contributed by atoms with van der Waals surface area (Å²) < 4.78 is 0. The average Bonchev–Trinajstić information content (AvgIpc) is 4.07. The number of halogens is 1. The second kappa shape index (κ2) is 22.4. The van der Waals surface area contributed by atoms with Crippen molar-refractivity contribution >= 4 is 77.5 Å². The number of benzene rings is 4. The van der Waals surface area contributed by atoms with Crippen LogP contribution >= 0.6 is 10.1 Å². The third-order valence-corrected chi connectivity index (χ3v) is 10.3. The normalized spacial score (nSPS) is 12.9. The van der Waals surface area contributed by atoms with E-state index in [0.717, 1.165) is 65.9 Å². The van der Waals surface area contributed by atoms with Crippen molar-refractivity contribution in [1.29, 1.82) is 0 Å². The molecule has 8 rings (SSSR count). The van der Waals surface area contributed by atoms with Crippen molar-refractivity contribution in [2.24, 2.45) is 11.5 Å². The van der Waals surface area contributed by atoms with E-state index in [4.69, 9.17) is 11.5 Å². The van der Waals surface area contributed by atoms with Crippen molar-refractivity contribution in [2.75, 3.05) is 0 Å². The van der Waals surface area contributed by atoms with E-state index in [9.17, 15) is 29.4 Å². The van der Waals surface area contributed by atoms with E-state index in [1.54, 1.807) is 12.4 Å². The van der Waals surface area contributed by atoms with Gasteiger partial charge < -0.3 is 61.8 Å². The van der Waals surface area contributed by atoms with E-state index in [1.807, 2.05) is 109 Å². The van der Waals surface area contributed by atoms with Crippen LogP contribution in [0.4, 0.5) is 0 Å². The molecule has 0 aliphatic heterocycles. The smallest absolute Gasteiger partial charge is 1.00 e. The fourth-order valence-corrected chi connectivity index (χ4v) is 7.25. The molecule has 4 atom stereocenters. The van der Waals surface area contributed by atoms with E-state index in [2.05, 4.69) is 55.8 Å². The van der Waals surface area contributed by atoms with Crippen molar-refractivity contribution in [3.05, 3.63) is 144 Å². The number of carbonyl (C=O) groups is 4. The fraction of sp³-hybridized carbons (Fsp3) is 0.182. The van der Waals surface area contributed by atoms with Crippen molar-refractivity contribution in [1.82, 2.24) is 30.6 Å². The number of carboxylic acid groups (broad SMARTS) is 2. The molecule has 61 heavy (non-hydrogen) atoms. The molecule has 313 valence electrons. The summed E-state index contributed by atoms with van der Waals surface area (Å²) in [4.78, 5) is 60.9. The number of nitrogens with one attached hydrogen (secondary N) is 6. The van der Waals surface area contributed by atoms with Gasteiger partial charge in [-0.05, 0) is 59.4 Å². The average molecular weight is 917 g/mol. The van der Waals surface area contributed by atoms with E-state index >= 15 is 0 Å². The number of nitrogens with two attached hydrogens (primary N) is 2. The van der Waals surface area contributed by atoms with Crippen molar-refractivity contribution < 1.29 is 95.9 Å².